The molecule has 0 spiro atoms. The lowest BCUT2D eigenvalue weighted by molar-refractivity contribution is -0.163. The third-order valence-electron chi connectivity index (χ3n) is 5.81. The van der Waals surface area contributed by atoms with Crippen LogP contribution in [0.15, 0.2) is 78.9 Å². The molecule has 1 atom stereocenters. The first-order chi connectivity index (χ1) is 15.5. The SMILES string of the molecule is NC(=O)[C@@]1(Cc2cccc(-c3ccccc3)c2)CN(C(=O)Cc2ccccc2F)CCO1. The molecule has 164 valence electrons. The van der Waals surface area contributed by atoms with Gasteiger partial charge in [0.15, 0.2) is 5.60 Å². The number of benzene rings is 3. The number of amides is 2. The Morgan fingerprint density at radius 2 is 1.69 bits per heavy atom. The predicted octanol–water partition coefficient (Wildman–Crippen LogP) is 3.36. The average molecular weight is 432 g/mol. The van der Waals surface area contributed by atoms with Crippen molar-refractivity contribution in [1.82, 2.24) is 4.90 Å². The molecule has 0 unspecified atom stereocenters. The van der Waals surface area contributed by atoms with Gasteiger partial charge in [-0.05, 0) is 28.3 Å². The van der Waals surface area contributed by atoms with Crippen LogP contribution < -0.4 is 5.73 Å². The number of hydrogen-bond acceptors (Lipinski definition) is 3. The van der Waals surface area contributed by atoms with E-state index in [0.29, 0.717) is 12.1 Å². The topological polar surface area (TPSA) is 72.6 Å². The summed E-state index contributed by atoms with van der Waals surface area (Å²) >= 11 is 0. The molecule has 1 aliphatic rings. The summed E-state index contributed by atoms with van der Waals surface area (Å²) in [7, 11) is 0. The fourth-order valence-electron chi connectivity index (χ4n) is 4.08. The van der Waals surface area contributed by atoms with Gasteiger partial charge in [-0.3, -0.25) is 9.59 Å². The Balaban J connectivity index is 1.54. The molecular weight excluding hydrogens is 407 g/mol. The molecule has 5 nitrogen and oxygen atoms in total. The summed E-state index contributed by atoms with van der Waals surface area (Å²) in [6, 6.07) is 24.0. The number of nitrogens with two attached hydrogens (primary N) is 1. The van der Waals surface area contributed by atoms with Gasteiger partial charge in [0.1, 0.15) is 5.82 Å². The van der Waals surface area contributed by atoms with E-state index in [-0.39, 0.29) is 31.9 Å². The normalized spacial score (nSPS) is 18.3. The number of carbonyl (C=O) groups is 2. The monoisotopic (exact) mass is 432 g/mol. The van der Waals surface area contributed by atoms with Gasteiger partial charge in [0, 0.05) is 13.0 Å². The highest BCUT2D eigenvalue weighted by atomic mass is 19.1. The molecule has 3 aromatic carbocycles. The van der Waals surface area contributed by atoms with Crippen molar-refractivity contribution in [2.24, 2.45) is 5.73 Å². The van der Waals surface area contributed by atoms with E-state index in [1.807, 2.05) is 54.6 Å². The summed E-state index contributed by atoms with van der Waals surface area (Å²) in [5.41, 5.74) is 7.73. The molecule has 0 aromatic heterocycles. The van der Waals surface area contributed by atoms with Gasteiger partial charge >= 0.3 is 0 Å². The summed E-state index contributed by atoms with van der Waals surface area (Å²) < 4.78 is 19.9. The Labute approximate surface area is 186 Å². The van der Waals surface area contributed by atoms with E-state index in [2.05, 4.69) is 0 Å². The van der Waals surface area contributed by atoms with Gasteiger partial charge in [-0.15, -0.1) is 0 Å². The van der Waals surface area contributed by atoms with Gasteiger partial charge < -0.3 is 15.4 Å². The molecule has 2 amide bonds. The van der Waals surface area contributed by atoms with Crippen molar-refractivity contribution >= 4 is 11.8 Å². The maximum Gasteiger partial charge on any atom is 0.251 e. The van der Waals surface area contributed by atoms with Crippen LogP contribution in [0.25, 0.3) is 11.1 Å². The third kappa shape index (κ3) is 4.70. The molecule has 0 saturated carbocycles. The van der Waals surface area contributed by atoms with Crippen LogP contribution in [0.1, 0.15) is 11.1 Å². The minimum Gasteiger partial charge on any atom is -0.367 e. The quantitative estimate of drug-likeness (QED) is 0.649. The van der Waals surface area contributed by atoms with Crippen molar-refractivity contribution in [2.75, 3.05) is 19.7 Å². The molecule has 2 N–H and O–H groups in total. The second-order valence-corrected chi connectivity index (χ2v) is 8.03. The molecule has 3 aromatic rings. The number of ether oxygens (including phenoxy) is 1. The highest BCUT2D eigenvalue weighted by Gasteiger charge is 2.43. The summed E-state index contributed by atoms with van der Waals surface area (Å²) in [6.45, 7) is 0.544. The molecule has 6 heteroatoms. The zero-order valence-corrected chi connectivity index (χ0v) is 17.7. The number of carbonyl (C=O) groups excluding carboxylic acids is 2. The lowest BCUT2D eigenvalue weighted by atomic mass is 9.90. The molecule has 1 aliphatic heterocycles. The second-order valence-electron chi connectivity index (χ2n) is 8.03. The maximum absolute atomic E-state index is 14.0. The zero-order valence-electron chi connectivity index (χ0n) is 17.7. The molecular formula is C26H25FN2O3. The van der Waals surface area contributed by atoms with E-state index < -0.39 is 17.3 Å². The molecule has 32 heavy (non-hydrogen) atoms. The molecule has 0 aliphatic carbocycles. The standard InChI is InChI=1S/C26H25FN2O3/c27-23-12-5-4-10-22(23)16-24(30)29-13-14-32-26(18-29,25(28)31)17-19-7-6-11-21(15-19)20-8-2-1-3-9-20/h1-12,15H,13-14,16-18H2,(H2,28,31)/t26-/m1/s1. The van der Waals surface area contributed by atoms with Crippen molar-refractivity contribution in [2.45, 2.75) is 18.4 Å². The van der Waals surface area contributed by atoms with E-state index >= 15 is 0 Å². The van der Waals surface area contributed by atoms with E-state index in [0.717, 1.165) is 16.7 Å². The number of halogens is 1. The second kappa shape index (κ2) is 9.32. The van der Waals surface area contributed by atoms with Crippen LogP contribution in [0, 0.1) is 5.82 Å². The number of rotatable bonds is 6. The molecule has 1 saturated heterocycles. The van der Waals surface area contributed by atoms with Crippen molar-refractivity contribution in [1.29, 1.82) is 0 Å². The van der Waals surface area contributed by atoms with Crippen molar-refractivity contribution in [3.63, 3.8) is 0 Å². The van der Waals surface area contributed by atoms with Gasteiger partial charge in [0.2, 0.25) is 5.91 Å². The van der Waals surface area contributed by atoms with Crippen LogP contribution in [0.4, 0.5) is 4.39 Å². The minimum absolute atomic E-state index is 0.0329. The van der Waals surface area contributed by atoms with Crippen molar-refractivity contribution in [3.8, 4) is 11.1 Å². The smallest absolute Gasteiger partial charge is 0.251 e. The zero-order chi connectivity index (χ0) is 22.6. The van der Waals surface area contributed by atoms with Crippen molar-refractivity contribution in [3.05, 3.63) is 95.8 Å². The van der Waals surface area contributed by atoms with Crippen molar-refractivity contribution < 1.29 is 18.7 Å². The van der Waals surface area contributed by atoms with Gasteiger partial charge in [0.25, 0.3) is 5.91 Å². The molecule has 4 rings (SSSR count). The number of primary amides is 1. The predicted molar refractivity (Wildman–Crippen MR) is 120 cm³/mol. The molecule has 0 radical (unpaired) electrons. The first-order valence-corrected chi connectivity index (χ1v) is 10.6. The first kappa shape index (κ1) is 21.7. The summed E-state index contributed by atoms with van der Waals surface area (Å²) in [4.78, 5) is 26.9. The number of hydrogen-bond donors (Lipinski definition) is 1. The summed E-state index contributed by atoms with van der Waals surface area (Å²) in [5.74, 6) is -1.30. The van der Waals surface area contributed by atoms with E-state index in [1.54, 1.807) is 23.1 Å². The molecule has 1 fully saturated rings. The fraction of sp³-hybridized carbons (Fsp3) is 0.231. The Kier molecular flexibility index (Phi) is 6.32. The van der Waals surface area contributed by atoms with Gasteiger partial charge in [-0.25, -0.2) is 4.39 Å². The Morgan fingerprint density at radius 1 is 0.969 bits per heavy atom. The minimum atomic E-state index is -1.33. The first-order valence-electron chi connectivity index (χ1n) is 10.6. The van der Waals surface area contributed by atoms with Crippen LogP contribution in [0.3, 0.4) is 0 Å². The Bertz CT molecular complexity index is 1120. The third-order valence-corrected chi connectivity index (χ3v) is 5.81. The molecule has 1 heterocycles. The maximum atomic E-state index is 14.0. The Hall–Kier alpha value is -3.51. The van der Waals surface area contributed by atoms with Crippen LogP contribution in [-0.2, 0) is 27.2 Å². The van der Waals surface area contributed by atoms with Crippen LogP contribution in [0.2, 0.25) is 0 Å². The highest BCUT2D eigenvalue weighted by molar-refractivity contribution is 5.86. The van der Waals surface area contributed by atoms with Crippen LogP contribution in [-0.4, -0.2) is 42.0 Å². The summed E-state index contributed by atoms with van der Waals surface area (Å²) in [5, 5.41) is 0. The van der Waals surface area contributed by atoms with Gasteiger partial charge in [-0.2, -0.15) is 0 Å². The van der Waals surface area contributed by atoms with Crippen LogP contribution >= 0.6 is 0 Å². The van der Waals surface area contributed by atoms with Gasteiger partial charge in [-0.1, -0.05) is 72.8 Å². The summed E-state index contributed by atoms with van der Waals surface area (Å²) in [6.07, 6.45) is 0.164. The number of nitrogens with zero attached hydrogens (tertiary/aromatic N) is 1. The highest BCUT2D eigenvalue weighted by Crippen LogP contribution is 2.27. The van der Waals surface area contributed by atoms with E-state index in [4.69, 9.17) is 10.5 Å². The molecule has 0 bridgehead atoms. The lowest BCUT2D eigenvalue weighted by Gasteiger charge is -2.41. The van der Waals surface area contributed by atoms with E-state index in [1.165, 1.54) is 6.07 Å². The largest absolute Gasteiger partial charge is 0.367 e. The lowest BCUT2D eigenvalue weighted by Crippen LogP contribution is -2.61. The Morgan fingerprint density at radius 3 is 2.44 bits per heavy atom. The van der Waals surface area contributed by atoms with Crippen LogP contribution in [0.5, 0.6) is 0 Å². The fourth-order valence-corrected chi connectivity index (χ4v) is 4.08. The van der Waals surface area contributed by atoms with E-state index in [9.17, 15) is 14.0 Å². The number of morpholine rings is 1. The van der Waals surface area contributed by atoms with Gasteiger partial charge in [0.05, 0.1) is 19.6 Å². The average Bonchev–Trinajstić information content (AvgIpc) is 2.81.